The van der Waals surface area contributed by atoms with Gasteiger partial charge in [0.25, 0.3) is 0 Å². The van der Waals surface area contributed by atoms with Crippen LogP contribution in [-0.4, -0.2) is 16.8 Å². The van der Waals surface area contributed by atoms with Gasteiger partial charge in [-0.1, -0.05) is 0 Å². The second-order valence-corrected chi connectivity index (χ2v) is 2.32. The molecule has 0 saturated heterocycles. The molecule has 0 aliphatic heterocycles. The molecule has 1 aromatic rings. The Morgan fingerprint density at radius 1 is 1.67 bits per heavy atom. The van der Waals surface area contributed by atoms with E-state index in [0.29, 0.717) is 18.0 Å². The molecule has 0 aromatic carbocycles. The van der Waals surface area contributed by atoms with Crippen LogP contribution in [0.2, 0.25) is 0 Å². The van der Waals surface area contributed by atoms with Crippen molar-refractivity contribution in [2.75, 3.05) is 12.1 Å². The normalized spacial score (nSPS) is 9.58. The number of hydrogen-bond donors (Lipinski definition) is 2. The highest BCUT2D eigenvalue weighted by atomic mass is 16.5. The zero-order valence-electron chi connectivity index (χ0n) is 7.16. The summed E-state index contributed by atoms with van der Waals surface area (Å²) in [6, 6.07) is 1.65. The molecule has 1 rings (SSSR count). The van der Waals surface area contributed by atoms with Crippen molar-refractivity contribution < 1.29 is 9.94 Å². The molecule has 0 aliphatic carbocycles. The summed E-state index contributed by atoms with van der Waals surface area (Å²) < 4.78 is 5.27. The van der Waals surface area contributed by atoms with Crippen LogP contribution in [0.4, 0.5) is 5.69 Å². The van der Waals surface area contributed by atoms with Crippen molar-refractivity contribution in [2.45, 2.75) is 13.8 Å². The fourth-order valence-corrected chi connectivity index (χ4v) is 0.967. The summed E-state index contributed by atoms with van der Waals surface area (Å²) in [7, 11) is 0. The highest BCUT2D eigenvalue weighted by molar-refractivity contribution is 5.55. The van der Waals surface area contributed by atoms with Gasteiger partial charge in [0.1, 0.15) is 5.69 Å². The summed E-state index contributed by atoms with van der Waals surface area (Å²) in [5, 5.41) is 8.71. The third kappa shape index (κ3) is 1.65. The fraction of sp³-hybridized carbons (Fsp3) is 0.375. The monoisotopic (exact) mass is 168 g/mol. The largest absolute Gasteiger partial charge is 0.490 e. The zero-order valence-corrected chi connectivity index (χ0v) is 7.16. The van der Waals surface area contributed by atoms with E-state index < -0.39 is 0 Å². The van der Waals surface area contributed by atoms with E-state index in [-0.39, 0.29) is 0 Å². The number of anilines is 1. The van der Waals surface area contributed by atoms with Crippen LogP contribution < -0.4 is 10.2 Å². The van der Waals surface area contributed by atoms with Gasteiger partial charge < -0.3 is 4.74 Å². The number of nitrogens with one attached hydrogen (secondary N) is 1. The number of pyridine rings is 1. The molecule has 4 heteroatoms. The van der Waals surface area contributed by atoms with E-state index in [0.717, 1.165) is 5.69 Å². The molecule has 0 spiro atoms. The maximum Gasteiger partial charge on any atom is 0.165 e. The number of rotatable bonds is 3. The Labute approximate surface area is 71.2 Å². The van der Waals surface area contributed by atoms with Crippen LogP contribution in [-0.2, 0) is 0 Å². The van der Waals surface area contributed by atoms with Crippen molar-refractivity contribution in [3.63, 3.8) is 0 Å². The van der Waals surface area contributed by atoms with Gasteiger partial charge in [-0.3, -0.25) is 15.7 Å². The molecule has 0 saturated carbocycles. The third-order valence-corrected chi connectivity index (χ3v) is 1.49. The maximum absolute atomic E-state index is 8.71. The zero-order chi connectivity index (χ0) is 8.97. The van der Waals surface area contributed by atoms with Crippen molar-refractivity contribution in [1.29, 1.82) is 0 Å². The molecule has 0 amide bonds. The molecule has 0 aliphatic rings. The van der Waals surface area contributed by atoms with E-state index in [1.807, 2.05) is 13.8 Å². The Morgan fingerprint density at radius 2 is 2.42 bits per heavy atom. The van der Waals surface area contributed by atoms with E-state index >= 15 is 0 Å². The predicted octanol–water partition coefficient (Wildman–Crippen LogP) is 1.59. The van der Waals surface area contributed by atoms with Gasteiger partial charge in [0.05, 0.1) is 12.3 Å². The molecule has 0 fully saturated rings. The van der Waals surface area contributed by atoms with E-state index in [9.17, 15) is 0 Å². The third-order valence-electron chi connectivity index (χ3n) is 1.49. The van der Waals surface area contributed by atoms with Gasteiger partial charge in [-0.05, 0) is 19.9 Å². The molecule has 4 nitrogen and oxygen atoms in total. The van der Waals surface area contributed by atoms with Crippen LogP contribution in [0.15, 0.2) is 12.3 Å². The van der Waals surface area contributed by atoms with Crippen LogP contribution in [0.1, 0.15) is 12.6 Å². The number of ether oxygens (including phenoxy) is 1. The van der Waals surface area contributed by atoms with Gasteiger partial charge in [-0.15, -0.1) is 0 Å². The Bertz CT molecular complexity index is 263. The van der Waals surface area contributed by atoms with E-state index in [1.54, 1.807) is 12.3 Å². The van der Waals surface area contributed by atoms with Gasteiger partial charge in [0, 0.05) is 6.20 Å². The minimum Gasteiger partial charge on any atom is -0.490 e. The van der Waals surface area contributed by atoms with E-state index in [4.69, 9.17) is 9.94 Å². The van der Waals surface area contributed by atoms with Crippen molar-refractivity contribution in [1.82, 2.24) is 4.98 Å². The highest BCUT2D eigenvalue weighted by Gasteiger charge is 2.05. The van der Waals surface area contributed by atoms with Gasteiger partial charge in [-0.25, -0.2) is 0 Å². The van der Waals surface area contributed by atoms with Crippen LogP contribution in [0.3, 0.4) is 0 Å². The lowest BCUT2D eigenvalue weighted by molar-refractivity contribution is 0.328. The average molecular weight is 168 g/mol. The van der Waals surface area contributed by atoms with E-state index in [1.165, 1.54) is 0 Å². The summed E-state index contributed by atoms with van der Waals surface area (Å²) in [5.74, 6) is 0.600. The molecular weight excluding hydrogens is 156 g/mol. The standard InChI is InChI=1S/C8H12N2O2/c1-3-12-8-6(2)9-5-4-7(8)10-11/h4-5,11H,3H2,1-2H3,(H,9,10). The number of aromatic nitrogens is 1. The molecule has 0 bridgehead atoms. The first kappa shape index (κ1) is 8.80. The molecule has 0 atom stereocenters. The van der Waals surface area contributed by atoms with Gasteiger partial charge in [0.2, 0.25) is 0 Å². The average Bonchev–Trinajstić information content (AvgIpc) is 2.09. The Hall–Kier alpha value is -1.29. The van der Waals surface area contributed by atoms with Crippen molar-refractivity contribution in [3.8, 4) is 5.75 Å². The maximum atomic E-state index is 8.71. The first-order valence-corrected chi connectivity index (χ1v) is 3.78. The quantitative estimate of drug-likeness (QED) is 0.673. The predicted molar refractivity (Wildman–Crippen MR) is 45.6 cm³/mol. The van der Waals surface area contributed by atoms with Crippen molar-refractivity contribution in [3.05, 3.63) is 18.0 Å². The smallest absolute Gasteiger partial charge is 0.165 e. The van der Waals surface area contributed by atoms with Crippen LogP contribution in [0.25, 0.3) is 0 Å². The van der Waals surface area contributed by atoms with E-state index in [2.05, 4.69) is 10.5 Å². The van der Waals surface area contributed by atoms with Gasteiger partial charge in [-0.2, -0.15) is 0 Å². The number of nitrogens with zero attached hydrogens (tertiary/aromatic N) is 1. The summed E-state index contributed by atoms with van der Waals surface area (Å²) in [6.45, 7) is 4.26. The Balaban J connectivity index is 3.02. The fourth-order valence-electron chi connectivity index (χ4n) is 0.967. The first-order chi connectivity index (χ1) is 5.79. The SMILES string of the molecule is CCOc1c(NO)ccnc1C. The molecule has 2 N–H and O–H groups in total. The molecule has 1 heterocycles. The topological polar surface area (TPSA) is 54.4 Å². The lowest BCUT2D eigenvalue weighted by atomic mass is 10.3. The second-order valence-electron chi connectivity index (χ2n) is 2.32. The molecular formula is C8H12N2O2. The minimum absolute atomic E-state index is 0.546. The van der Waals surface area contributed by atoms with Crippen molar-refractivity contribution >= 4 is 5.69 Å². The highest BCUT2D eigenvalue weighted by Crippen LogP contribution is 2.25. The molecule has 66 valence electrons. The lowest BCUT2D eigenvalue weighted by Gasteiger charge is -2.09. The number of hydrogen-bond acceptors (Lipinski definition) is 4. The summed E-state index contributed by atoms with van der Waals surface area (Å²) in [6.07, 6.45) is 1.61. The molecule has 0 radical (unpaired) electrons. The lowest BCUT2D eigenvalue weighted by Crippen LogP contribution is -2.00. The van der Waals surface area contributed by atoms with Gasteiger partial charge >= 0.3 is 0 Å². The molecule has 1 aromatic heterocycles. The van der Waals surface area contributed by atoms with Gasteiger partial charge in [0.15, 0.2) is 5.75 Å². The summed E-state index contributed by atoms with van der Waals surface area (Å²) in [4.78, 5) is 4.03. The summed E-state index contributed by atoms with van der Waals surface area (Å²) in [5.41, 5.74) is 3.36. The summed E-state index contributed by atoms with van der Waals surface area (Å²) >= 11 is 0. The van der Waals surface area contributed by atoms with Crippen LogP contribution in [0.5, 0.6) is 5.75 Å². The Morgan fingerprint density at radius 3 is 3.00 bits per heavy atom. The Kier molecular flexibility index (Phi) is 2.88. The molecule has 0 unspecified atom stereocenters. The molecule has 12 heavy (non-hydrogen) atoms. The first-order valence-electron chi connectivity index (χ1n) is 3.78. The van der Waals surface area contributed by atoms with Crippen molar-refractivity contribution in [2.24, 2.45) is 0 Å². The minimum atomic E-state index is 0.546. The number of aryl methyl sites for hydroxylation is 1. The van der Waals surface area contributed by atoms with Crippen LogP contribution >= 0.6 is 0 Å². The second kappa shape index (κ2) is 3.92. The van der Waals surface area contributed by atoms with Crippen LogP contribution in [0, 0.1) is 6.92 Å².